The van der Waals surface area contributed by atoms with Crippen LogP contribution >= 0.6 is 11.8 Å². The number of thioether (sulfide) groups is 1. The highest BCUT2D eigenvalue weighted by molar-refractivity contribution is 7.99. The number of nitrogens with two attached hydrogens (primary N) is 1. The van der Waals surface area contributed by atoms with Crippen LogP contribution in [0.25, 0.3) is 0 Å². The van der Waals surface area contributed by atoms with Crippen LogP contribution in [0.5, 0.6) is 0 Å². The molecule has 1 heterocycles. The second-order valence-electron chi connectivity index (χ2n) is 7.61. The summed E-state index contributed by atoms with van der Waals surface area (Å²) in [7, 11) is 0. The molecule has 0 aliphatic carbocycles. The summed E-state index contributed by atoms with van der Waals surface area (Å²) in [6, 6.07) is 20.2. The molecule has 2 N–H and O–H groups in total. The number of rotatable bonds is 12. The lowest BCUT2D eigenvalue weighted by atomic mass is 10.0. The van der Waals surface area contributed by atoms with Crippen molar-refractivity contribution in [3.8, 4) is 0 Å². The maximum absolute atomic E-state index is 12.2. The molecular formula is C24H30N2O2S. The van der Waals surface area contributed by atoms with E-state index in [0.717, 1.165) is 37.9 Å². The SMILES string of the molecule is NC(=O)[C@@H](CCCCCCc1ccccc1)N1C(=O)CC1SCc1ccccc1. The highest BCUT2D eigenvalue weighted by Crippen LogP contribution is 2.34. The predicted octanol–water partition coefficient (Wildman–Crippen LogP) is 4.53. The number of carbonyl (C=O) groups is 2. The zero-order chi connectivity index (χ0) is 20.5. The number of unbranched alkanes of at least 4 members (excludes halogenated alkanes) is 3. The second kappa shape index (κ2) is 11.1. The zero-order valence-corrected chi connectivity index (χ0v) is 17.7. The molecule has 29 heavy (non-hydrogen) atoms. The van der Waals surface area contributed by atoms with Crippen LogP contribution in [-0.4, -0.2) is 28.1 Å². The normalized spacial score (nSPS) is 17.0. The van der Waals surface area contributed by atoms with Crippen LogP contribution in [0.1, 0.15) is 49.7 Å². The van der Waals surface area contributed by atoms with Crippen LogP contribution in [-0.2, 0) is 21.8 Å². The number of carbonyl (C=O) groups excluding carboxylic acids is 2. The average molecular weight is 411 g/mol. The minimum absolute atomic E-state index is 0.0449. The zero-order valence-electron chi connectivity index (χ0n) is 16.8. The maximum atomic E-state index is 12.2. The molecule has 1 aliphatic rings. The predicted molar refractivity (Wildman–Crippen MR) is 119 cm³/mol. The van der Waals surface area contributed by atoms with Crippen molar-refractivity contribution in [2.45, 2.75) is 62.1 Å². The molecule has 2 amide bonds. The largest absolute Gasteiger partial charge is 0.368 e. The van der Waals surface area contributed by atoms with Gasteiger partial charge in [-0.25, -0.2) is 0 Å². The van der Waals surface area contributed by atoms with Crippen molar-refractivity contribution >= 4 is 23.6 Å². The number of hydrogen-bond donors (Lipinski definition) is 1. The Hall–Kier alpha value is -2.27. The van der Waals surface area contributed by atoms with E-state index in [2.05, 4.69) is 36.4 Å². The lowest BCUT2D eigenvalue weighted by Gasteiger charge is -2.44. The molecule has 3 rings (SSSR count). The molecule has 1 unspecified atom stereocenters. The highest BCUT2D eigenvalue weighted by atomic mass is 32.2. The van der Waals surface area contributed by atoms with Gasteiger partial charge in [0.25, 0.3) is 0 Å². The summed E-state index contributed by atoms with van der Waals surface area (Å²) in [4.78, 5) is 25.9. The number of aryl methyl sites for hydroxylation is 1. The third-order valence-corrected chi connectivity index (χ3v) is 6.71. The van der Waals surface area contributed by atoms with E-state index >= 15 is 0 Å². The molecule has 154 valence electrons. The fourth-order valence-electron chi connectivity index (χ4n) is 3.77. The highest BCUT2D eigenvalue weighted by Gasteiger charge is 2.42. The summed E-state index contributed by atoms with van der Waals surface area (Å²) >= 11 is 1.72. The van der Waals surface area contributed by atoms with Gasteiger partial charge in [-0.15, -0.1) is 11.8 Å². The lowest BCUT2D eigenvalue weighted by Crippen LogP contribution is -2.59. The molecule has 0 bridgehead atoms. The molecule has 0 spiro atoms. The quantitative estimate of drug-likeness (QED) is 0.413. The van der Waals surface area contributed by atoms with Gasteiger partial charge in [-0.2, -0.15) is 0 Å². The average Bonchev–Trinajstić information content (AvgIpc) is 2.73. The molecule has 1 fully saturated rings. The van der Waals surface area contributed by atoms with E-state index in [9.17, 15) is 9.59 Å². The summed E-state index contributed by atoms with van der Waals surface area (Å²) in [5.41, 5.74) is 8.25. The number of likely N-dealkylation sites (tertiary alicyclic amines) is 1. The van der Waals surface area contributed by atoms with Gasteiger partial charge in [-0.1, -0.05) is 79.9 Å². The molecule has 2 aromatic carbocycles. The molecule has 0 saturated carbocycles. The van der Waals surface area contributed by atoms with Crippen LogP contribution < -0.4 is 5.73 Å². The van der Waals surface area contributed by atoms with Crippen LogP contribution in [0.4, 0.5) is 0 Å². The Labute approximate surface area is 177 Å². The Morgan fingerprint density at radius 2 is 1.59 bits per heavy atom. The minimum Gasteiger partial charge on any atom is -0.368 e. The summed E-state index contributed by atoms with van der Waals surface area (Å²) < 4.78 is 0. The minimum atomic E-state index is -0.473. The number of nitrogens with zero attached hydrogens (tertiary/aromatic N) is 1. The van der Waals surface area contributed by atoms with Crippen molar-refractivity contribution < 1.29 is 9.59 Å². The Morgan fingerprint density at radius 3 is 2.21 bits per heavy atom. The van der Waals surface area contributed by atoms with Gasteiger partial charge in [-0.3, -0.25) is 9.59 Å². The van der Waals surface area contributed by atoms with Gasteiger partial charge >= 0.3 is 0 Å². The number of β-lactam (4-membered cyclic amide) rings is 1. The summed E-state index contributed by atoms with van der Waals surface area (Å²) in [6.45, 7) is 0. The van der Waals surface area contributed by atoms with Gasteiger partial charge in [0.2, 0.25) is 11.8 Å². The molecule has 4 nitrogen and oxygen atoms in total. The first-order chi connectivity index (χ1) is 14.1. The Morgan fingerprint density at radius 1 is 0.966 bits per heavy atom. The van der Waals surface area contributed by atoms with Crippen molar-refractivity contribution in [2.24, 2.45) is 5.73 Å². The maximum Gasteiger partial charge on any atom is 0.240 e. The van der Waals surface area contributed by atoms with Crippen molar-refractivity contribution in [3.05, 3.63) is 71.8 Å². The molecule has 2 atom stereocenters. The molecular weight excluding hydrogens is 380 g/mol. The number of amides is 2. The van der Waals surface area contributed by atoms with E-state index in [4.69, 9.17) is 5.73 Å². The Bertz CT molecular complexity index is 782. The molecule has 1 aliphatic heterocycles. The molecule has 0 radical (unpaired) electrons. The fraction of sp³-hybridized carbons (Fsp3) is 0.417. The molecule has 1 saturated heterocycles. The van der Waals surface area contributed by atoms with E-state index in [0.29, 0.717) is 12.8 Å². The van der Waals surface area contributed by atoms with Gasteiger partial charge < -0.3 is 10.6 Å². The third-order valence-electron chi connectivity index (χ3n) is 5.43. The van der Waals surface area contributed by atoms with Crippen LogP contribution in [0.3, 0.4) is 0 Å². The van der Waals surface area contributed by atoms with Crippen molar-refractivity contribution in [2.75, 3.05) is 0 Å². The van der Waals surface area contributed by atoms with E-state index < -0.39 is 6.04 Å². The van der Waals surface area contributed by atoms with Crippen molar-refractivity contribution in [1.29, 1.82) is 0 Å². The van der Waals surface area contributed by atoms with Gasteiger partial charge in [-0.05, 0) is 30.4 Å². The monoisotopic (exact) mass is 410 g/mol. The van der Waals surface area contributed by atoms with Gasteiger partial charge in [0.05, 0.1) is 11.8 Å². The smallest absolute Gasteiger partial charge is 0.240 e. The standard InChI is InChI=1S/C24H30N2O2S/c25-24(28)21(16-10-2-1-5-11-19-12-6-3-7-13-19)26-22(27)17-23(26)29-18-20-14-8-4-9-15-20/h3-4,6-9,12-15,21,23H,1-2,5,10-11,16-18H2,(H2,25,28)/t21-,23?/m1/s1. The number of primary amides is 1. The Kier molecular flexibility index (Phi) is 8.17. The van der Waals surface area contributed by atoms with E-state index in [1.807, 2.05) is 24.3 Å². The first-order valence-corrected chi connectivity index (χ1v) is 11.5. The fourth-order valence-corrected chi connectivity index (χ4v) is 5.03. The summed E-state index contributed by atoms with van der Waals surface area (Å²) in [6.07, 6.45) is 6.49. The number of benzene rings is 2. The van der Waals surface area contributed by atoms with Gasteiger partial charge in [0.1, 0.15) is 6.04 Å². The second-order valence-corrected chi connectivity index (χ2v) is 8.78. The molecule has 2 aromatic rings. The number of hydrogen-bond acceptors (Lipinski definition) is 3. The topological polar surface area (TPSA) is 63.4 Å². The molecule has 5 heteroatoms. The molecule has 0 aromatic heterocycles. The van der Waals surface area contributed by atoms with Crippen LogP contribution in [0.2, 0.25) is 0 Å². The van der Waals surface area contributed by atoms with Crippen LogP contribution in [0.15, 0.2) is 60.7 Å². The first kappa shape index (κ1) is 21.4. The third kappa shape index (κ3) is 6.36. The van der Waals surface area contributed by atoms with E-state index in [1.54, 1.807) is 16.7 Å². The van der Waals surface area contributed by atoms with E-state index in [-0.39, 0.29) is 17.2 Å². The van der Waals surface area contributed by atoms with Gasteiger partial charge in [0, 0.05) is 5.75 Å². The summed E-state index contributed by atoms with van der Waals surface area (Å²) in [5.74, 6) is 0.497. The van der Waals surface area contributed by atoms with Crippen molar-refractivity contribution in [3.63, 3.8) is 0 Å². The lowest BCUT2D eigenvalue weighted by molar-refractivity contribution is -0.150. The summed E-state index contributed by atoms with van der Waals surface area (Å²) in [5, 5.41) is 0.0540. The Balaban J connectivity index is 1.40. The van der Waals surface area contributed by atoms with Gasteiger partial charge in [0.15, 0.2) is 0 Å². The van der Waals surface area contributed by atoms with Crippen LogP contribution in [0, 0.1) is 0 Å². The van der Waals surface area contributed by atoms with Crippen molar-refractivity contribution in [1.82, 2.24) is 4.90 Å². The first-order valence-electron chi connectivity index (χ1n) is 10.4. The van der Waals surface area contributed by atoms with E-state index in [1.165, 1.54) is 11.1 Å².